The fourth-order valence-electron chi connectivity index (χ4n) is 3.89. The Kier molecular flexibility index (Phi) is 6.63. The SMILES string of the molecule is Cc1ccc2[nH]c(C)c(CCN(Cc3ccccn3)C(=S)NCc3ccccc3)c2c1. The lowest BCUT2D eigenvalue weighted by Gasteiger charge is -2.26. The van der Waals surface area contributed by atoms with Crippen molar-refractivity contribution in [1.82, 2.24) is 20.2 Å². The number of aryl methyl sites for hydroxylation is 2. The molecule has 0 atom stereocenters. The van der Waals surface area contributed by atoms with E-state index in [1.165, 1.54) is 33.3 Å². The van der Waals surface area contributed by atoms with E-state index >= 15 is 0 Å². The molecular formula is C26H28N4S. The maximum Gasteiger partial charge on any atom is 0.169 e. The van der Waals surface area contributed by atoms with Crippen LogP contribution in [0.5, 0.6) is 0 Å². The van der Waals surface area contributed by atoms with Crippen LogP contribution in [0, 0.1) is 13.8 Å². The maximum absolute atomic E-state index is 5.80. The van der Waals surface area contributed by atoms with Crippen molar-refractivity contribution in [2.75, 3.05) is 6.54 Å². The molecule has 2 heterocycles. The van der Waals surface area contributed by atoms with Crippen molar-refractivity contribution in [1.29, 1.82) is 0 Å². The molecule has 4 aromatic rings. The molecule has 31 heavy (non-hydrogen) atoms. The van der Waals surface area contributed by atoms with Crippen LogP contribution in [0.15, 0.2) is 72.9 Å². The van der Waals surface area contributed by atoms with Gasteiger partial charge in [-0.3, -0.25) is 4.98 Å². The average Bonchev–Trinajstić information content (AvgIpc) is 3.10. The van der Waals surface area contributed by atoms with Crippen molar-refractivity contribution in [2.24, 2.45) is 0 Å². The largest absolute Gasteiger partial charge is 0.358 e. The lowest BCUT2D eigenvalue weighted by molar-refractivity contribution is 0.404. The summed E-state index contributed by atoms with van der Waals surface area (Å²) in [6, 6.07) is 22.9. The van der Waals surface area contributed by atoms with E-state index in [4.69, 9.17) is 12.2 Å². The monoisotopic (exact) mass is 428 g/mol. The number of aromatic nitrogens is 2. The van der Waals surface area contributed by atoms with Gasteiger partial charge in [0.15, 0.2) is 5.11 Å². The van der Waals surface area contributed by atoms with Gasteiger partial charge in [-0.1, -0.05) is 48.0 Å². The topological polar surface area (TPSA) is 44.0 Å². The van der Waals surface area contributed by atoms with E-state index < -0.39 is 0 Å². The Morgan fingerprint density at radius 3 is 2.61 bits per heavy atom. The highest BCUT2D eigenvalue weighted by Crippen LogP contribution is 2.24. The molecule has 0 radical (unpaired) electrons. The molecule has 0 spiro atoms. The van der Waals surface area contributed by atoms with E-state index in [0.29, 0.717) is 13.1 Å². The van der Waals surface area contributed by atoms with Crippen LogP contribution >= 0.6 is 12.2 Å². The van der Waals surface area contributed by atoms with E-state index in [1.807, 2.05) is 42.6 Å². The number of hydrogen-bond acceptors (Lipinski definition) is 2. The molecule has 2 aromatic heterocycles. The third-order valence-corrected chi connectivity index (χ3v) is 5.96. The number of pyridine rings is 1. The Balaban J connectivity index is 1.51. The van der Waals surface area contributed by atoms with Crippen LogP contribution in [0.3, 0.4) is 0 Å². The lowest BCUT2D eigenvalue weighted by atomic mass is 10.1. The van der Waals surface area contributed by atoms with Crippen LogP contribution in [0.4, 0.5) is 0 Å². The second kappa shape index (κ2) is 9.75. The summed E-state index contributed by atoms with van der Waals surface area (Å²) < 4.78 is 0. The summed E-state index contributed by atoms with van der Waals surface area (Å²) in [7, 11) is 0. The van der Waals surface area contributed by atoms with Crippen LogP contribution in [0.25, 0.3) is 10.9 Å². The second-order valence-corrected chi connectivity index (χ2v) is 8.30. The first kappa shape index (κ1) is 21.1. The molecular weight excluding hydrogens is 400 g/mol. The van der Waals surface area contributed by atoms with Crippen LogP contribution in [0.2, 0.25) is 0 Å². The molecule has 2 aromatic carbocycles. The zero-order valence-electron chi connectivity index (χ0n) is 18.1. The highest BCUT2D eigenvalue weighted by molar-refractivity contribution is 7.80. The first-order valence-electron chi connectivity index (χ1n) is 10.6. The van der Waals surface area contributed by atoms with Gasteiger partial charge in [0, 0.05) is 35.9 Å². The molecule has 0 amide bonds. The van der Waals surface area contributed by atoms with Crippen molar-refractivity contribution in [3.05, 3.63) is 101 Å². The predicted octanol–water partition coefficient (Wildman–Crippen LogP) is 5.30. The lowest BCUT2D eigenvalue weighted by Crippen LogP contribution is -2.40. The number of fused-ring (bicyclic) bond motifs is 1. The van der Waals surface area contributed by atoms with Gasteiger partial charge in [-0.05, 0) is 67.9 Å². The molecule has 0 bridgehead atoms. The van der Waals surface area contributed by atoms with Crippen molar-refractivity contribution >= 4 is 28.2 Å². The van der Waals surface area contributed by atoms with Crippen LogP contribution < -0.4 is 5.32 Å². The van der Waals surface area contributed by atoms with Gasteiger partial charge in [0.05, 0.1) is 12.2 Å². The van der Waals surface area contributed by atoms with Crippen molar-refractivity contribution in [3.8, 4) is 0 Å². The minimum atomic E-state index is 0.682. The highest BCUT2D eigenvalue weighted by Gasteiger charge is 2.14. The van der Waals surface area contributed by atoms with Gasteiger partial charge in [-0.2, -0.15) is 0 Å². The molecule has 4 nitrogen and oxygen atoms in total. The van der Waals surface area contributed by atoms with E-state index in [0.717, 1.165) is 23.8 Å². The predicted molar refractivity (Wildman–Crippen MR) is 132 cm³/mol. The molecule has 158 valence electrons. The number of benzene rings is 2. The minimum absolute atomic E-state index is 0.682. The summed E-state index contributed by atoms with van der Waals surface area (Å²) in [6.07, 6.45) is 2.75. The first-order valence-corrected chi connectivity index (χ1v) is 11.1. The third-order valence-electron chi connectivity index (χ3n) is 5.56. The molecule has 0 aliphatic rings. The number of H-pyrrole nitrogens is 1. The zero-order chi connectivity index (χ0) is 21.6. The van der Waals surface area contributed by atoms with Crippen molar-refractivity contribution < 1.29 is 0 Å². The first-order chi connectivity index (χ1) is 15.1. The van der Waals surface area contributed by atoms with Gasteiger partial charge >= 0.3 is 0 Å². The van der Waals surface area contributed by atoms with Crippen LogP contribution in [0.1, 0.15) is 28.1 Å². The highest BCUT2D eigenvalue weighted by atomic mass is 32.1. The number of nitrogens with zero attached hydrogens (tertiary/aromatic N) is 2. The van der Waals surface area contributed by atoms with Gasteiger partial charge in [-0.15, -0.1) is 0 Å². The number of aromatic amines is 1. The summed E-state index contributed by atoms with van der Waals surface area (Å²) in [5.41, 5.74) is 7.28. The summed E-state index contributed by atoms with van der Waals surface area (Å²) in [4.78, 5) is 10.2. The van der Waals surface area contributed by atoms with E-state index in [9.17, 15) is 0 Å². The second-order valence-electron chi connectivity index (χ2n) is 7.91. The molecule has 5 heteroatoms. The summed E-state index contributed by atoms with van der Waals surface area (Å²) in [5.74, 6) is 0. The van der Waals surface area contributed by atoms with Gasteiger partial charge in [-0.25, -0.2) is 0 Å². The van der Waals surface area contributed by atoms with E-state index in [2.05, 4.69) is 64.4 Å². The molecule has 0 fully saturated rings. The molecule has 4 rings (SSSR count). The molecule has 0 aliphatic heterocycles. The van der Waals surface area contributed by atoms with Gasteiger partial charge in [0.25, 0.3) is 0 Å². The number of rotatable bonds is 7. The van der Waals surface area contributed by atoms with Crippen molar-refractivity contribution in [3.63, 3.8) is 0 Å². The van der Waals surface area contributed by atoms with Gasteiger partial charge in [0.2, 0.25) is 0 Å². The molecule has 0 saturated heterocycles. The number of nitrogens with one attached hydrogen (secondary N) is 2. The molecule has 2 N–H and O–H groups in total. The van der Waals surface area contributed by atoms with Crippen LogP contribution in [-0.2, 0) is 19.5 Å². The quantitative estimate of drug-likeness (QED) is 0.392. The van der Waals surface area contributed by atoms with Gasteiger partial charge < -0.3 is 15.2 Å². The maximum atomic E-state index is 5.80. The Hall–Kier alpha value is -3.18. The normalized spacial score (nSPS) is 10.9. The summed E-state index contributed by atoms with van der Waals surface area (Å²) in [5, 5.41) is 5.49. The average molecular weight is 429 g/mol. The molecule has 0 aliphatic carbocycles. The zero-order valence-corrected chi connectivity index (χ0v) is 18.9. The minimum Gasteiger partial charge on any atom is -0.358 e. The Morgan fingerprint density at radius 2 is 1.84 bits per heavy atom. The standard InChI is InChI=1S/C26H28N4S/c1-19-11-12-25-24(16-19)23(20(2)29-25)13-15-30(18-22-10-6-7-14-27-22)26(31)28-17-21-8-4-3-5-9-21/h3-12,14,16,29H,13,15,17-18H2,1-2H3,(H,28,31). The smallest absolute Gasteiger partial charge is 0.169 e. The Morgan fingerprint density at radius 1 is 1.03 bits per heavy atom. The molecule has 0 unspecified atom stereocenters. The Labute approximate surface area is 189 Å². The number of hydrogen-bond donors (Lipinski definition) is 2. The Bertz CT molecular complexity index is 1150. The number of thiocarbonyl (C=S) groups is 1. The molecule has 0 saturated carbocycles. The van der Waals surface area contributed by atoms with Crippen molar-refractivity contribution in [2.45, 2.75) is 33.4 Å². The fraction of sp³-hybridized carbons (Fsp3) is 0.231. The third kappa shape index (κ3) is 5.30. The summed E-state index contributed by atoms with van der Waals surface area (Å²) in [6.45, 7) is 6.51. The summed E-state index contributed by atoms with van der Waals surface area (Å²) >= 11 is 5.80. The van der Waals surface area contributed by atoms with E-state index in [-0.39, 0.29) is 0 Å². The van der Waals surface area contributed by atoms with Gasteiger partial charge in [0.1, 0.15) is 0 Å². The fourth-order valence-corrected chi connectivity index (χ4v) is 4.12. The van der Waals surface area contributed by atoms with E-state index in [1.54, 1.807) is 0 Å². The van der Waals surface area contributed by atoms with Crippen LogP contribution in [-0.4, -0.2) is 26.5 Å².